The van der Waals surface area contributed by atoms with Gasteiger partial charge in [0.15, 0.2) is 0 Å². The largest absolute Gasteiger partial charge is 0.497 e. The van der Waals surface area contributed by atoms with Crippen molar-refractivity contribution >= 4 is 11.8 Å². The molecular weight excluding hydrogens is 332 g/mol. The zero-order chi connectivity index (χ0) is 19.1. The minimum Gasteiger partial charge on any atom is -0.497 e. The molecule has 0 spiro atoms. The maximum atomic E-state index is 11.8. The lowest BCUT2D eigenvalue weighted by molar-refractivity contribution is -0.122. The number of ether oxygens (including phenoxy) is 2. The highest BCUT2D eigenvalue weighted by atomic mass is 16.5. The second-order valence-electron chi connectivity index (χ2n) is 5.90. The fourth-order valence-electron chi connectivity index (χ4n) is 2.78. The van der Waals surface area contributed by atoms with Gasteiger partial charge in [-0.2, -0.15) is 0 Å². The minimum atomic E-state index is -0.435. The molecule has 26 heavy (non-hydrogen) atoms. The van der Waals surface area contributed by atoms with Gasteiger partial charge in [0.25, 0.3) is 0 Å². The summed E-state index contributed by atoms with van der Waals surface area (Å²) in [5, 5.41) is 5.88. The molecule has 2 amide bonds. The van der Waals surface area contributed by atoms with Gasteiger partial charge in [0.05, 0.1) is 26.3 Å². The third-order valence-corrected chi connectivity index (χ3v) is 4.00. The van der Waals surface area contributed by atoms with E-state index >= 15 is 0 Å². The molecule has 2 aromatic rings. The van der Waals surface area contributed by atoms with E-state index in [4.69, 9.17) is 9.47 Å². The first kappa shape index (κ1) is 19.3. The summed E-state index contributed by atoms with van der Waals surface area (Å²) in [6, 6.07) is 13.9. The van der Waals surface area contributed by atoms with E-state index < -0.39 is 12.1 Å². The third kappa shape index (κ3) is 4.99. The van der Waals surface area contributed by atoms with E-state index in [0.29, 0.717) is 0 Å². The van der Waals surface area contributed by atoms with Crippen LogP contribution in [0.15, 0.2) is 48.5 Å². The van der Waals surface area contributed by atoms with Crippen LogP contribution in [-0.4, -0.2) is 26.0 Å². The SMILES string of the molecule is COc1ccc([C@@H](NC(C)=O)[C@H](NC(C)=O)c2ccc(OC)cc2)cc1. The lowest BCUT2D eigenvalue weighted by atomic mass is 9.93. The third-order valence-electron chi connectivity index (χ3n) is 4.00. The van der Waals surface area contributed by atoms with E-state index in [-0.39, 0.29) is 11.8 Å². The molecule has 0 aliphatic carbocycles. The first-order valence-electron chi connectivity index (χ1n) is 8.26. The average Bonchev–Trinajstić information content (AvgIpc) is 2.64. The second-order valence-corrected chi connectivity index (χ2v) is 5.90. The summed E-state index contributed by atoms with van der Waals surface area (Å²) in [4.78, 5) is 23.6. The molecule has 0 aliphatic heterocycles. The van der Waals surface area contributed by atoms with Gasteiger partial charge in [-0.25, -0.2) is 0 Å². The number of carbonyl (C=O) groups excluding carboxylic acids is 2. The van der Waals surface area contributed by atoms with Gasteiger partial charge in [-0.3, -0.25) is 9.59 Å². The Balaban J connectivity index is 2.45. The maximum absolute atomic E-state index is 11.8. The van der Waals surface area contributed by atoms with Crippen LogP contribution in [0.3, 0.4) is 0 Å². The summed E-state index contributed by atoms with van der Waals surface area (Å²) in [7, 11) is 3.19. The molecule has 0 saturated carbocycles. The number of hydrogen-bond donors (Lipinski definition) is 2. The Morgan fingerprint density at radius 3 is 1.23 bits per heavy atom. The van der Waals surface area contributed by atoms with E-state index in [1.54, 1.807) is 14.2 Å². The molecule has 0 radical (unpaired) electrons. The van der Waals surface area contributed by atoms with Gasteiger partial charge in [-0.15, -0.1) is 0 Å². The molecule has 0 saturated heterocycles. The van der Waals surface area contributed by atoms with Crippen LogP contribution in [0.1, 0.15) is 37.1 Å². The van der Waals surface area contributed by atoms with Crippen molar-refractivity contribution < 1.29 is 19.1 Å². The number of nitrogens with one attached hydrogen (secondary N) is 2. The molecule has 2 atom stereocenters. The van der Waals surface area contributed by atoms with Crippen LogP contribution < -0.4 is 20.1 Å². The number of methoxy groups -OCH3 is 2. The minimum absolute atomic E-state index is 0.185. The van der Waals surface area contributed by atoms with Gasteiger partial charge in [0.1, 0.15) is 11.5 Å². The van der Waals surface area contributed by atoms with Crippen molar-refractivity contribution in [2.45, 2.75) is 25.9 Å². The van der Waals surface area contributed by atoms with Gasteiger partial charge < -0.3 is 20.1 Å². The topological polar surface area (TPSA) is 76.7 Å². The van der Waals surface area contributed by atoms with Crippen LogP contribution in [0.4, 0.5) is 0 Å². The number of amides is 2. The second kappa shape index (κ2) is 8.89. The Morgan fingerprint density at radius 1 is 0.692 bits per heavy atom. The molecule has 6 heteroatoms. The zero-order valence-corrected chi connectivity index (χ0v) is 15.4. The van der Waals surface area contributed by atoms with Crippen LogP contribution >= 0.6 is 0 Å². The van der Waals surface area contributed by atoms with Gasteiger partial charge >= 0.3 is 0 Å². The lowest BCUT2D eigenvalue weighted by Gasteiger charge is -2.29. The number of carbonyl (C=O) groups is 2. The molecule has 0 unspecified atom stereocenters. The Kier molecular flexibility index (Phi) is 6.60. The van der Waals surface area contributed by atoms with Gasteiger partial charge in [-0.05, 0) is 35.4 Å². The van der Waals surface area contributed by atoms with Crippen LogP contribution in [0.2, 0.25) is 0 Å². The van der Waals surface area contributed by atoms with E-state index in [9.17, 15) is 9.59 Å². The van der Waals surface area contributed by atoms with Crippen molar-refractivity contribution in [2.75, 3.05) is 14.2 Å². The molecule has 2 N–H and O–H groups in total. The Labute approximate surface area is 153 Å². The van der Waals surface area contributed by atoms with Gasteiger partial charge in [0.2, 0.25) is 11.8 Å². The van der Waals surface area contributed by atoms with Crippen molar-refractivity contribution in [3.63, 3.8) is 0 Å². The first-order chi connectivity index (χ1) is 12.4. The molecule has 0 aromatic heterocycles. The van der Waals surface area contributed by atoms with Crippen LogP contribution in [0, 0.1) is 0 Å². The molecule has 2 rings (SSSR count). The number of rotatable bonds is 7. The normalized spacial score (nSPS) is 12.6. The summed E-state index contributed by atoms with van der Waals surface area (Å²) in [6.45, 7) is 2.91. The standard InChI is InChI=1S/C20H24N2O4/c1-13(23)21-19(15-5-9-17(25-3)10-6-15)20(22-14(2)24)16-7-11-18(26-4)12-8-16/h5-12,19-20H,1-4H3,(H,21,23)(H,22,24)/t19-,20-/m1/s1. The van der Waals surface area contributed by atoms with Gasteiger partial charge in [0, 0.05) is 13.8 Å². The highest BCUT2D eigenvalue weighted by molar-refractivity contribution is 5.75. The average molecular weight is 356 g/mol. The number of hydrogen-bond acceptors (Lipinski definition) is 4. The molecule has 6 nitrogen and oxygen atoms in total. The lowest BCUT2D eigenvalue weighted by Crippen LogP contribution is -2.39. The Morgan fingerprint density at radius 2 is 1.00 bits per heavy atom. The zero-order valence-electron chi connectivity index (χ0n) is 15.4. The molecule has 0 aliphatic rings. The highest BCUT2D eigenvalue weighted by Gasteiger charge is 2.26. The van der Waals surface area contributed by atoms with E-state index in [1.165, 1.54) is 13.8 Å². The highest BCUT2D eigenvalue weighted by Crippen LogP contribution is 2.31. The summed E-state index contributed by atoms with van der Waals surface area (Å²) < 4.78 is 10.4. The van der Waals surface area contributed by atoms with Crippen LogP contribution in [-0.2, 0) is 9.59 Å². The molecular formula is C20H24N2O4. The predicted octanol–water partition coefficient (Wildman–Crippen LogP) is 2.76. The molecule has 0 bridgehead atoms. The molecule has 138 valence electrons. The summed E-state index contributed by atoms with van der Waals surface area (Å²) in [5.74, 6) is 1.07. The quantitative estimate of drug-likeness (QED) is 0.800. The van der Waals surface area contributed by atoms with Crippen molar-refractivity contribution in [3.05, 3.63) is 59.7 Å². The Bertz CT molecular complexity index is 676. The Hall–Kier alpha value is -3.02. The fraction of sp³-hybridized carbons (Fsp3) is 0.300. The first-order valence-corrected chi connectivity index (χ1v) is 8.26. The molecule has 0 fully saturated rings. The molecule has 2 aromatic carbocycles. The van der Waals surface area contributed by atoms with E-state index in [1.807, 2.05) is 48.5 Å². The van der Waals surface area contributed by atoms with E-state index in [0.717, 1.165) is 22.6 Å². The summed E-state index contributed by atoms with van der Waals surface area (Å²) in [5.41, 5.74) is 1.71. The van der Waals surface area contributed by atoms with Crippen molar-refractivity contribution in [2.24, 2.45) is 0 Å². The van der Waals surface area contributed by atoms with E-state index in [2.05, 4.69) is 10.6 Å². The van der Waals surface area contributed by atoms with Crippen molar-refractivity contribution in [1.29, 1.82) is 0 Å². The van der Waals surface area contributed by atoms with Crippen LogP contribution in [0.5, 0.6) is 11.5 Å². The summed E-state index contributed by atoms with van der Waals surface area (Å²) in [6.07, 6.45) is 0. The monoisotopic (exact) mass is 356 g/mol. The van der Waals surface area contributed by atoms with Crippen molar-refractivity contribution in [3.8, 4) is 11.5 Å². The summed E-state index contributed by atoms with van der Waals surface area (Å²) >= 11 is 0. The maximum Gasteiger partial charge on any atom is 0.217 e. The number of benzene rings is 2. The van der Waals surface area contributed by atoms with Crippen molar-refractivity contribution in [1.82, 2.24) is 10.6 Å². The smallest absolute Gasteiger partial charge is 0.217 e. The van der Waals surface area contributed by atoms with Crippen LogP contribution in [0.25, 0.3) is 0 Å². The molecule has 0 heterocycles. The van der Waals surface area contributed by atoms with Gasteiger partial charge in [-0.1, -0.05) is 24.3 Å². The fourth-order valence-corrected chi connectivity index (χ4v) is 2.78. The predicted molar refractivity (Wildman–Crippen MR) is 99.1 cm³/mol.